The fourth-order valence-electron chi connectivity index (χ4n) is 3.24. The molecule has 1 aliphatic rings. The van der Waals surface area contributed by atoms with Crippen LogP contribution in [0.15, 0.2) is 29.0 Å². The van der Waals surface area contributed by atoms with Gasteiger partial charge in [0.1, 0.15) is 0 Å². The Balaban J connectivity index is 1.83. The molecule has 27 heavy (non-hydrogen) atoms. The molecule has 3 aromatic rings. The van der Waals surface area contributed by atoms with E-state index in [1.165, 1.54) is 18.3 Å². The van der Waals surface area contributed by atoms with Crippen molar-refractivity contribution in [3.8, 4) is 17.3 Å². The van der Waals surface area contributed by atoms with Crippen molar-refractivity contribution < 1.29 is 17.7 Å². The average molecular weight is 399 g/mol. The first-order chi connectivity index (χ1) is 12.8. The molecule has 1 saturated carbocycles. The van der Waals surface area contributed by atoms with Crippen LogP contribution in [0.5, 0.6) is 0 Å². The summed E-state index contributed by atoms with van der Waals surface area (Å²) < 4.78 is 47.1. The summed E-state index contributed by atoms with van der Waals surface area (Å²) in [6.45, 7) is 0. The number of rotatable bonds is 3. The van der Waals surface area contributed by atoms with Gasteiger partial charge in [-0.25, -0.2) is 9.67 Å². The minimum Gasteiger partial charge on any atom is -0.334 e. The van der Waals surface area contributed by atoms with Crippen LogP contribution < -0.4 is 5.73 Å². The molecule has 11 heteroatoms. The fourth-order valence-corrected chi connectivity index (χ4v) is 3.44. The van der Waals surface area contributed by atoms with Crippen LogP contribution >= 0.6 is 11.6 Å². The third-order valence-corrected chi connectivity index (χ3v) is 4.87. The van der Waals surface area contributed by atoms with Crippen molar-refractivity contribution in [2.75, 3.05) is 0 Å². The minimum absolute atomic E-state index is 0.0238. The Morgan fingerprint density at radius 1 is 1.26 bits per heavy atom. The van der Waals surface area contributed by atoms with Gasteiger partial charge in [-0.1, -0.05) is 29.6 Å². The van der Waals surface area contributed by atoms with Gasteiger partial charge in [-0.15, -0.1) is 0 Å². The number of hydrogen-bond acceptors (Lipinski definition) is 6. The van der Waals surface area contributed by atoms with E-state index in [0.717, 1.165) is 19.0 Å². The van der Waals surface area contributed by atoms with Gasteiger partial charge < -0.3 is 10.3 Å². The normalized spacial score (nSPS) is 16.8. The Kier molecular flexibility index (Phi) is 4.19. The lowest BCUT2D eigenvalue weighted by Crippen LogP contribution is -2.34. The fraction of sp³-hybridized carbons (Fsp3) is 0.375. The summed E-state index contributed by atoms with van der Waals surface area (Å²) in [6, 6.07) is 2.94. The highest BCUT2D eigenvalue weighted by atomic mass is 35.5. The van der Waals surface area contributed by atoms with Crippen LogP contribution in [0.25, 0.3) is 17.3 Å². The lowest BCUT2D eigenvalue weighted by atomic mass is 9.99. The molecule has 142 valence electrons. The molecule has 7 nitrogen and oxygen atoms in total. The molecular formula is C16H14ClF3N6O. The molecule has 0 bridgehead atoms. The molecule has 4 rings (SSSR count). The number of alkyl halides is 3. The maximum Gasteiger partial charge on any atom is 0.434 e. The second-order valence-corrected chi connectivity index (χ2v) is 6.82. The summed E-state index contributed by atoms with van der Waals surface area (Å²) in [4.78, 5) is 8.02. The monoisotopic (exact) mass is 398 g/mol. The largest absolute Gasteiger partial charge is 0.434 e. The van der Waals surface area contributed by atoms with Gasteiger partial charge >= 0.3 is 6.18 Å². The Morgan fingerprint density at radius 3 is 2.67 bits per heavy atom. The highest BCUT2D eigenvalue weighted by Crippen LogP contribution is 2.40. The van der Waals surface area contributed by atoms with Crippen molar-refractivity contribution in [2.45, 2.75) is 37.4 Å². The first kappa shape index (κ1) is 17.9. The molecule has 0 atom stereocenters. The molecule has 2 N–H and O–H groups in total. The third kappa shape index (κ3) is 3.08. The Labute approximate surface area is 156 Å². The van der Waals surface area contributed by atoms with Gasteiger partial charge in [0.25, 0.3) is 5.89 Å². The van der Waals surface area contributed by atoms with Crippen LogP contribution in [0.2, 0.25) is 5.02 Å². The van der Waals surface area contributed by atoms with E-state index in [2.05, 4.69) is 20.2 Å². The van der Waals surface area contributed by atoms with E-state index < -0.39 is 17.4 Å². The molecule has 0 unspecified atom stereocenters. The molecule has 3 aromatic heterocycles. The molecule has 1 aliphatic carbocycles. The maximum atomic E-state index is 13.8. The van der Waals surface area contributed by atoms with Crippen molar-refractivity contribution in [3.63, 3.8) is 0 Å². The Hall–Kier alpha value is -2.46. The summed E-state index contributed by atoms with van der Waals surface area (Å²) in [6.07, 6.45) is 0.695. The van der Waals surface area contributed by atoms with Crippen LogP contribution in [0, 0.1) is 0 Å². The van der Waals surface area contributed by atoms with E-state index in [0.29, 0.717) is 17.5 Å². The number of aromatic nitrogens is 5. The summed E-state index contributed by atoms with van der Waals surface area (Å²) in [5.74, 6) is -0.248. The highest BCUT2D eigenvalue weighted by molar-refractivity contribution is 6.32. The molecule has 0 aliphatic heterocycles. The molecule has 0 amide bonds. The summed E-state index contributed by atoms with van der Waals surface area (Å²) in [7, 11) is 0. The van der Waals surface area contributed by atoms with Gasteiger partial charge in [0, 0.05) is 6.20 Å². The third-order valence-electron chi connectivity index (χ3n) is 4.57. The quantitative estimate of drug-likeness (QED) is 0.722. The van der Waals surface area contributed by atoms with Gasteiger partial charge in [-0.2, -0.15) is 23.3 Å². The number of hydrogen-bond donors (Lipinski definition) is 1. The lowest BCUT2D eigenvalue weighted by Gasteiger charge is -2.17. The van der Waals surface area contributed by atoms with Crippen molar-refractivity contribution in [3.05, 3.63) is 41.1 Å². The molecule has 0 radical (unpaired) electrons. The zero-order valence-corrected chi connectivity index (χ0v) is 14.6. The van der Waals surface area contributed by atoms with E-state index in [9.17, 15) is 13.2 Å². The molecular weight excluding hydrogens is 385 g/mol. The SMILES string of the molecule is NC1(c2noc(-c3cnn(-c4ncccc4Cl)c3C(F)(F)F)n2)CCCC1. The van der Waals surface area contributed by atoms with Crippen LogP contribution in [0.3, 0.4) is 0 Å². The van der Waals surface area contributed by atoms with Crippen molar-refractivity contribution in [1.82, 2.24) is 24.9 Å². The number of nitrogens with two attached hydrogens (primary N) is 1. The van der Waals surface area contributed by atoms with E-state index in [1.807, 2.05) is 0 Å². The summed E-state index contributed by atoms with van der Waals surface area (Å²) in [5.41, 5.74) is 4.02. The predicted octanol–water partition coefficient (Wildman–Crippen LogP) is 3.72. The average Bonchev–Trinajstić information content (AvgIpc) is 3.33. The Morgan fingerprint density at radius 2 is 2.00 bits per heavy atom. The van der Waals surface area contributed by atoms with Gasteiger partial charge in [0.15, 0.2) is 17.3 Å². The van der Waals surface area contributed by atoms with E-state index in [1.54, 1.807) is 0 Å². The predicted molar refractivity (Wildman–Crippen MR) is 89.0 cm³/mol. The maximum absolute atomic E-state index is 13.8. The molecule has 1 fully saturated rings. The van der Waals surface area contributed by atoms with Gasteiger partial charge in [0.05, 0.1) is 22.3 Å². The second kappa shape index (κ2) is 6.31. The van der Waals surface area contributed by atoms with Gasteiger partial charge in [-0.3, -0.25) is 0 Å². The van der Waals surface area contributed by atoms with Gasteiger partial charge in [0.2, 0.25) is 0 Å². The smallest absolute Gasteiger partial charge is 0.334 e. The molecule has 3 heterocycles. The van der Waals surface area contributed by atoms with Crippen LogP contribution in [0.4, 0.5) is 13.2 Å². The number of nitrogens with zero attached hydrogens (tertiary/aromatic N) is 5. The summed E-state index contributed by atoms with van der Waals surface area (Å²) >= 11 is 5.99. The van der Waals surface area contributed by atoms with Crippen LogP contribution in [-0.2, 0) is 11.7 Å². The summed E-state index contributed by atoms with van der Waals surface area (Å²) in [5, 5.41) is 7.64. The Bertz CT molecular complexity index is 977. The van der Waals surface area contributed by atoms with E-state index in [-0.39, 0.29) is 28.1 Å². The van der Waals surface area contributed by atoms with Crippen LogP contribution in [-0.4, -0.2) is 24.9 Å². The number of pyridine rings is 1. The molecule has 0 saturated heterocycles. The highest BCUT2D eigenvalue weighted by Gasteiger charge is 2.42. The van der Waals surface area contributed by atoms with Gasteiger partial charge in [-0.05, 0) is 25.0 Å². The van der Waals surface area contributed by atoms with E-state index >= 15 is 0 Å². The van der Waals surface area contributed by atoms with Crippen LogP contribution in [0.1, 0.15) is 37.2 Å². The zero-order chi connectivity index (χ0) is 19.2. The minimum atomic E-state index is -4.75. The first-order valence-electron chi connectivity index (χ1n) is 8.19. The van der Waals surface area contributed by atoms with E-state index in [4.69, 9.17) is 21.9 Å². The topological polar surface area (TPSA) is 95.7 Å². The molecule has 0 spiro atoms. The standard InChI is InChI=1S/C16H14ClF3N6O/c17-10-4-3-7-22-12(10)26-11(16(18,19)20)9(8-23-26)13-24-14(25-27-13)15(21)5-1-2-6-15/h3-4,7-8H,1-2,5-6,21H2. The van der Waals surface area contributed by atoms with Crippen molar-refractivity contribution >= 4 is 11.6 Å². The van der Waals surface area contributed by atoms with Crippen molar-refractivity contribution in [1.29, 1.82) is 0 Å². The first-order valence-corrected chi connectivity index (χ1v) is 8.57. The lowest BCUT2D eigenvalue weighted by molar-refractivity contribution is -0.142. The van der Waals surface area contributed by atoms with Crippen molar-refractivity contribution in [2.24, 2.45) is 5.73 Å². The number of halogens is 4. The zero-order valence-electron chi connectivity index (χ0n) is 13.9. The second-order valence-electron chi connectivity index (χ2n) is 6.41. The molecule has 0 aromatic carbocycles.